The van der Waals surface area contributed by atoms with Crippen molar-refractivity contribution in [3.05, 3.63) is 0 Å². The number of nitrogens with one attached hydrogen (secondary N) is 3. The minimum Gasteiger partial charge on any atom is -0.355 e. The molecule has 2 amide bonds. The number of carbonyl (C=O) groups is 2. The molecule has 0 aliphatic carbocycles. The van der Waals surface area contributed by atoms with E-state index >= 15 is 0 Å². The third kappa shape index (κ3) is 4.18. The van der Waals surface area contributed by atoms with Gasteiger partial charge in [-0.1, -0.05) is 6.92 Å². The molecule has 1 aliphatic heterocycles. The van der Waals surface area contributed by atoms with Gasteiger partial charge in [-0.2, -0.15) is 0 Å². The maximum atomic E-state index is 11.8. The smallest absolute Gasteiger partial charge is 0.237 e. The molecule has 1 aliphatic rings. The molecule has 0 radical (unpaired) electrons. The molecule has 0 aromatic rings. The Labute approximate surface area is 96.4 Å². The lowest BCUT2D eigenvalue weighted by atomic mass is 9.92. The van der Waals surface area contributed by atoms with E-state index in [-0.39, 0.29) is 17.9 Å². The quantitative estimate of drug-likeness (QED) is 0.574. The summed E-state index contributed by atoms with van der Waals surface area (Å²) in [5, 5.41) is 8.68. The van der Waals surface area contributed by atoms with Gasteiger partial charge < -0.3 is 16.0 Å². The first kappa shape index (κ1) is 13.0. The van der Waals surface area contributed by atoms with Gasteiger partial charge in [0.25, 0.3) is 0 Å². The molecule has 16 heavy (non-hydrogen) atoms. The lowest BCUT2D eigenvalue weighted by molar-refractivity contribution is -0.125. The second kappa shape index (κ2) is 6.48. The van der Waals surface area contributed by atoms with Gasteiger partial charge in [0.1, 0.15) is 0 Å². The highest BCUT2D eigenvalue weighted by Crippen LogP contribution is 2.15. The van der Waals surface area contributed by atoms with Crippen LogP contribution < -0.4 is 16.0 Å². The predicted octanol–water partition coefficient (Wildman–Crippen LogP) is -0.373. The first-order chi connectivity index (χ1) is 7.61. The van der Waals surface area contributed by atoms with Crippen LogP contribution in [-0.4, -0.2) is 37.5 Å². The number of carbonyl (C=O) groups excluding carboxylic acids is 2. The second-order valence-corrected chi connectivity index (χ2v) is 4.33. The van der Waals surface area contributed by atoms with E-state index in [0.717, 1.165) is 19.4 Å². The van der Waals surface area contributed by atoms with Gasteiger partial charge in [-0.15, -0.1) is 0 Å². The number of rotatable bonds is 4. The van der Waals surface area contributed by atoms with Crippen molar-refractivity contribution in [3.8, 4) is 0 Å². The molecular weight excluding hydrogens is 206 g/mol. The summed E-state index contributed by atoms with van der Waals surface area (Å²) in [7, 11) is 0. The zero-order valence-electron chi connectivity index (χ0n) is 10.0. The highest BCUT2D eigenvalue weighted by molar-refractivity contribution is 5.82. The number of piperidine rings is 1. The van der Waals surface area contributed by atoms with E-state index < -0.39 is 0 Å². The van der Waals surface area contributed by atoms with Gasteiger partial charge in [-0.05, 0) is 25.3 Å². The van der Waals surface area contributed by atoms with Crippen molar-refractivity contribution in [1.82, 2.24) is 16.0 Å². The van der Waals surface area contributed by atoms with Crippen molar-refractivity contribution in [1.29, 1.82) is 0 Å². The standard InChI is InChI=1S/C11H21N3O2/c1-8-4-3-5-13-10(8)11(16)14-7-6-12-9(2)15/h8,10,13H,3-7H2,1-2H3,(H,12,15)(H,14,16). The van der Waals surface area contributed by atoms with Crippen LogP contribution in [-0.2, 0) is 9.59 Å². The lowest BCUT2D eigenvalue weighted by Crippen LogP contribution is -2.51. The highest BCUT2D eigenvalue weighted by atomic mass is 16.2. The van der Waals surface area contributed by atoms with Crippen molar-refractivity contribution in [2.45, 2.75) is 32.7 Å². The molecule has 0 saturated carbocycles. The summed E-state index contributed by atoms with van der Waals surface area (Å²) in [5.41, 5.74) is 0. The molecule has 2 atom stereocenters. The summed E-state index contributed by atoms with van der Waals surface area (Å²) in [5.74, 6) is 0.352. The summed E-state index contributed by atoms with van der Waals surface area (Å²) in [6.07, 6.45) is 2.23. The Morgan fingerprint density at radius 2 is 2.00 bits per heavy atom. The van der Waals surface area contributed by atoms with Crippen molar-refractivity contribution in [2.75, 3.05) is 19.6 Å². The van der Waals surface area contributed by atoms with Crippen LogP contribution in [0.5, 0.6) is 0 Å². The molecule has 0 aromatic carbocycles. The molecule has 3 N–H and O–H groups in total. The fourth-order valence-electron chi connectivity index (χ4n) is 1.93. The van der Waals surface area contributed by atoms with Crippen molar-refractivity contribution in [2.24, 2.45) is 5.92 Å². The van der Waals surface area contributed by atoms with Gasteiger partial charge in [-0.25, -0.2) is 0 Å². The molecule has 92 valence electrons. The van der Waals surface area contributed by atoms with Crippen LogP contribution in [0.25, 0.3) is 0 Å². The molecule has 5 nitrogen and oxygen atoms in total. The molecule has 0 aromatic heterocycles. The molecule has 5 heteroatoms. The fourth-order valence-corrected chi connectivity index (χ4v) is 1.93. The van der Waals surface area contributed by atoms with Gasteiger partial charge in [0.05, 0.1) is 6.04 Å². The molecule has 1 fully saturated rings. The average molecular weight is 227 g/mol. The topological polar surface area (TPSA) is 70.2 Å². The number of hydrogen-bond donors (Lipinski definition) is 3. The maximum Gasteiger partial charge on any atom is 0.237 e. The second-order valence-electron chi connectivity index (χ2n) is 4.33. The van der Waals surface area contributed by atoms with E-state index in [1.807, 2.05) is 0 Å². The summed E-state index contributed by atoms with van der Waals surface area (Å²) in [6.45, 7) is 5.44. The van der Waals surface area contributed by atoms with Gasteiger partial charge >= 0.3 is 0 Å². The van der Waals surface area contributed by atoms with E-state index in [0.29, 0.717) is 19.0 Å². The molecule has 0 spiro atoms. The van der Waals surface area contributed by atoms with E-state index in [1.165, 1.54) is 6.92 Å². The zero-order valence-corrected chi connectivity index (χ0v) is 10.0. The van der Waals surface area contributed by atoms with Crippen LogP contribution in [0.2, 0.25) is 0 Å². The molecular formula is C11H21N3O2. The van der Waals surface area contributed by atoms with E-state index in [1.54, 1.807) is 0 Å². The first-order valence-corrected chi connectivity index (χ1v) is 5.87. The largest absolute Gasteiger partial charge is 0.355 e. The third-order valence-electron chi connectivity index (χ3n) is 2.85. The van der Waals surface area contributed by atoms with Crippen LogP contribution in [0.4, 0.5) is 0 Å². The Morgan fingerprint density at radius 3 is 2.62 bits per heavy atom. The van der Waals surface area contributed by atoms with Crippen LogP contribution in [0.1, 0.15) is 26.7 Å². The Bertz CT molecular complexity index is 256. The normalized spacial score (nSPS) is 24.9. The monoisotopic (exact) mass is 227 g/mol. The zero-order chi connectivity index (χ0) is 12.0. The minimum atomic E-state index is -0.0777. The molecule has 1 heterocycles. The van der Waals surface area contributed by atoms with Crippen LogP contribution in [0.3, 0.4) is 0 Å². The van der Waals surface area contributed by atoms with Crippen LogP contribution in [0, 0.1) is 5.92 Å². The van der Waals surface area contributed by atoms with E-state index in [2.05, 4.69) is 22.9 Å². The molecule has 0 bridgehead atoms. The predicted molar refractivity (Wildman–Crippen MR) is 61.9 cm³/mol. The van der Waals surface area contributed by atoms with Crippen molar-refractivity contribution < 1.29 is 9.59 Å². The summed E-state index contributed by atoms with van der Waals surface area (Å²) in [6, 6.07) is -0.0777. The summed E-state index contributed by atoms with van der Waals surface area (Å²) < 4.78 is 0. The SMILES string of the molecule is CC(=O)NCCNC(=O)C1NCCCC1C. The van der Waals surface area contributed by atoms with Gasteiger partial charge in [-0.3, -0.25) is 9.59 Å². The van der Waals surface area contributed by atoms with Crippen molar-refractivity contribution in [3.63, 3.8) is 0 Å². The lowest BCUT2D eigenvalue weighted by Gasteiger charge is -2.28. The highest BCUT2D eigenvalue weighted by Gasteiger charge is 2.26. The fraction of sp³-hybridized carbons (Fsp3) is 0.818. The first-order valence-electron chi connectivity index (χ1n) is 5.87. The molecule has 1 rings (SSSR count). The van der Waals surface area contributed by atoms with E-state index in [9.17, 15) is 9.59 Å². The van der Waals surface area contributed by atoms with Gasteiger partial charge in [0.15, 0.2) is 0 Å². The number of hydrogen-bond acceptors (Lipinski definition) is 3. The van der Waals surface area contributed by atoms with Crippen molar-refractivity contribution >= 4 is 11.8 Å². The van der Waals surface area contributed by atoms with Gasteiger partial charge in [0.2, 0.25) is 11.8 Å². The Morgan fingerprint density at radius 1 is 1.31 bits per heavy atom. The van der Waals surface area contributed by atoms with Crippen LogP contribution in [0.15, 0.2) is 0 Å². The molecule has 1 saturated heterocycles. The maximum absolute atomic E-state index is 11.8. The Balaban J connectivity index is 2.20. The van der Waals surface area contributed by atoms with Crippen LogP contribution >= 0.6 is 0 Å². The Kier molecular flexibility index (Phi) is 5.25. The average Bonchev–Trinajstić information content (AvgIpc) is 2.24. The Hall–Kier alpha value is -1.10. The van der Waals surface area contributed by atoms with E-state index in [4.69, 9.17) is 0 Å². The van der Waals surface area contributed by atoms with Gasteiger partial charge in [0, 0.05) is 20.0 Å². The minimum absolute atomic E-state index is 0.0394. The molecule has 2 unspecified atom stereocenters. The summed E-state index contributed by atoms with van der Waals surface area (Å²) >= 11 is 0. The number of amides is 2. The summed E-state index contributed by atoms with van der Waals surface area (Å²) in [4.78, 5) is 22.4. The third-order valence-corrected chi connectivity index (χ3v) is 2.85.